The van der Waals surface area contributed by atoms with Crippen LogP contribution in [0.25, 0.3) is 0 Å². The molecule has 0 unspecified atom stereocenters. The van der Waals surface area contributed by atoms with Crippen molar-refractivity contribution in [3.63, 3.8) is 0 Å². The first-order valence-corrected chi connectivity index (χ1v) is 2.69. The molecule has 0 bridgehead atoms. The molecule has 2 N–H and O–H groups in total. The van der Waals surface area contributed by atoms with Crippen molar-refractivity contribution in [1.29, 1.82) is 0 Å². The van der Waals surface area contributed by atoms with Gasteiger partial charge in [0.25, 0.3) is 0 Å². The topological polar surface area (TPSA) is 94.9 Å². The molecule has 0 atom stereocenters. The summed E-state index contributed by atoms with van der Waals surface area (Å²) in [6.07, 6.45) is 0.183. The molecule has 0 heterocycles. The van der Waals surface area contributed by atoms with Gasteiger partial charge in [-0.2, -0.15) is 0 Å². The average Bonchev–Trinajstić information content (AvgIpc) is 1.84. The number of rotatable bonds is 5. The van der Waals surface area contributed by atoms with Crippen LogP contribution in [-0.2, 0) is 14.4 Å². The molecule has 0 rings (SSSR count). The van der Waals surface area contributed by atoms with Crippen molar-refractivity contribution < 1.29 is 54.2 Å². The molecule has 0 aliphatic rings. The molecule has 0 aliphatic heterocycles. The molecule has 62 valence electrons. The van der Waals surface area contributed by atoms with Crippen molar-refractivity contribution in [1.82, 2.24) is 4.90 Å². The molecule has 0 saturated heterocycles. The second-order valence-electron chi connectivity index (χ2n) is 1.80. The predicted octanol–water partition coefficient (Wildman–Crippen LogP) is -4.38. The Kier molecular flexibility index (Phi) is 8.24. The van der Waals surface area contributed by atoms with Crippen LogP contribution < -0.4 is 29.6 Å². The number of aliphatic carboxylic acids is 2. The first-order valence-electron chi connectivity index (χ1n) is 2.69. The fraction of sp³-hybridized carbons (Fsp3) is 0.400. The van der Waals surface area contributed by atoms with Crippen molar-refractivity contribution in [2.45, 2.75) is 0 Å². The Hall–Kier alpha value is -0.590. The van der Waals surface area contributed by atoms with Gasteiger partial charge in [0.2, 0.25) is 6.41 Å². The molecule has 12 heavy (non-hydrogen) atoms. The van der Waals surface area contributed by atoms with Crippen LogP contribution in [0.3, 0.4) is 0 Å². The Morgan fingerprint density at radius 1 is 1.17 bits per heavy atom. The fourth-order valence-electron chi connectivity index (χ4n) is 0.478. The predicted molar refractivity (Wildman–Crippen MR) is 32.9 cm³/mol. The molecule has 0 aliphatic carbocycles. The summed E-state index contributed by atoms with van der Waals surface area (Å²) in [7, 11) is 0. The summed E-state index contributed by atoms with van der Waals surface area (Å²) >= 11 is 0. The van der Waals surface area contributed by atoms with Crippen molar-refractivity contribution in [2.24, 2.45) is 0 Å². The van der Waals surface area contributed by atoms with Crippen LogP contribution in [0.4, 0.5) is 0 Å². The first kappa shape index (κ1) is 14.0. The number of hydrogen-bond donors (Lipinski definition) is 2. The molecule has 1 amide bonds. The van der Waals surface area contributed by atoms with Crippen LogP contribution in [0, 0.1) is 0 Å². The Balaban J connectivity index is 0. The molecule has 0 aromatic rings. The fourth-order valence-corrected chi connectivity index (χ4v) is 0.478. The number of nitrogens with zero attached hydrogens (tertiary/aromatic N) is 1. The van der Waals surface area contributed by atoms with E-state index in [0.717, 1.165) is 0 Å². The van der Waals surface area contributed by atoms with Gasteiger partial charge >= 0.3 is 41.5 Å². The van der Waals surface area contributed by atoms with E-state index in [1.807, 2.05) is 0 Å². The number of carboxylic acids is 2. The third-order valence-corrected chi connectivity index (χ3v) is 0.826. The Morgan fingerprint density at radius 2 is 1.50 bits per heavy atom. The third kappa shape index (κ3) is 7.52. The molecular weight excluding hydrogens is 177 g/mol. The van der Waals surface area contributed by atoms with Gasteiger partial charge in [0.05, 0.1) is 0 Å². The molecule has 0 aromatic carbocycles. The number of carbonyl (C=O) groups excluding carboxylic acids is 1. The van der Waals surface area contributed by atoms with E-state index >= 15 is 0 Å². The number of carboxylic acid groups (broad SMARTS) is 2. The maximum atomic E-state index is 9.98. The van der Waals surface area contributed by atoms with Crippen LogP contribution in [0.2, 0.25) is 0 Å². The molecule has 0 spiro atoms. The maximum Gasteiger partial charge on any atom is 1.00 e. The molecular formula is C5H7NNaO5+. The molecule has 0 aromatic heterocycles. The van der Waals surface area contributed by atoms with E-state index in [9.17, 15) is 14.4 Å². The van der Waals surface area contributed by atoms with Gasteiger partial charge in [-0.15, -0.1) is 0 Å². The second-order valence-corrected chi connectivity index (χ2v) is 1.80. The van der Waals surface area contributed by atoms with Crippen molar-refractivity contribution in [2.75, 3.05) is 13.1 Å². The van der Waals surface area contributed by atoms with Gasteiger partial charge in [-0.25, -0.2) is 0 Å². The van der Waals surface area contributed by atoms with E-state index in [2.05, 4.69) is 0 Å². The van der Waals surface area contributed by atoms with Crippen molar-refractivity contribution in [3.05, 3.63) is 0 Å². The van der Waals surface area contributed by atoms with Crippen LogP contribution in [0.5, 0.6) is 0 Å². The van der Waals surface area contributed by atoms with Gasteiger partial charge in [-0.1, -0.05) is 0 Å². The van der Waals surface area contributed by atoms with Crippen molar-refractivity contribution in [3.8, 4) is 0 Å². The van der Waals surface area contributed by atoms with E-state index in [1.165, 1.54) is 0 Å². The van der Waals surface area contributed by atoms with Gasteiger partial charge in [0.1, 0.15) is 13.1 Å². The number of amides is 1. The summed E-state index contributed by atoms with van der Waals surface area (Å²) in [5, 5.41) is 16.3. The molecule has 0 saturated carbocycles. The maximum absolute atomic E-state index is 9.98. The summed E-state index contributed by atoms with van der Waals surface area (Å²) < 4.78 is 0. The zero-order valence-electron chi connectivity index (χ0n) is 6.56. The van der Waals surface area contributed by atoms with Gasteiger partial charge in [-0.3, -0.25) is 14.4 Å². The van der Waals surface area contributed by atoms with Crippen LogP contribution in [-0.4, -0.2) is 46.6 Å². The Bertz CT molecular complexity index is 167. The minimum atomic E-state index is -1.24. The summed E-state index contributed by atoms with van der Waals surface area (Å²) in [6.45, 7) is -1.18. The SMILES string of the molecule is O=CN(CC(=O)O)CC(=O)O.[Na+]. The van der Waals surface area contributed by atoms with Gasteiger partial charge < -0.3 is 15.1 Å². The van der Waals surface area contributed by atoms with Crippen LogP contribution >= 0.6 is 0 Å². The average molecular weight is 184 g/mol. The normalized spacial score (nSPS) is 8.00. The van der Waals surface area contributed by atoms with E-state index in [-0.39, 0.29) is 36.0 Å². The van der Waals surface area contributed by atoms with E-state index in [0.29, 0.717) is 4.90 Å². The summed E-state index contributed by atoms with van der Waals surface area (Å²) in [6, 6.07) is 0. The van der Waals surface area contributed by atoms with Gasteiger partial charge in [0.15, 0.2) is 0 Å². The van der Waals surface area contributed by atoms with Crippen molar-refractivity contribution >= 4 is 18.3 Å². The molecule has 6 nitrogen and oxygen atoms in total. The quantitative estimate of drug-likeness (QED) is 0.332. The molecule has 0 radical (unpaired) electrons. The minimum absolute atomic E-state index is 0. The summed E-state index contributed by atoms with van der Waals surface area (Å²) in [5.41, 5.74) is 0. The standard InChI is InChI=1S/C5H7NO5.Na/c7-3-6(1-4(8)9)2-5(10)11;/h3H,1-2H2,(H,8,9)(H,10,11);/q;+1. The van der Waals surface area contributed by atoms with Gasteiger partial charge in [-0.05, 0) is 0 Å². The monoisotopic (exact) mass is 184 g/mol. The third-order valence-electron chi connectivity index (χ3n) is 0.826. The van der Waals surface area contributed by atoms with E-state index in [4.69, 9.17) is 10.2 Å². The second kappa shape index (κ2) is 7.08. The molecule has 7 heteroatoms. The zero-order valence-corrected chi connectivity index (χ0v) is 8.56. The van der Waals surface area contributed by atoms with Crippen LogP contribution in [0.1, 0.15) is 0 Å². The number of carbonyl (C=O) groups is 3. The Labute approximate surface area is 90.4 Å². The Morgan fingerprint density at radius 3 is 1.67 bits per heavy atom. The largest absolute Gasteiger partial charge is 1.00 e. The first-order chi connectivity index (χ1) is 5.06. The smallest absolute Gasteiger partial charge is 0.480 e. The van der Waals surface area contributed by atoms with Gasteiger partial charge in [0, 0.05) is 0 Å². The van der Waals surface area contributed by atoms with E-state index < -0.39 is 25.0 Å². The van der Waals surface area contributed by atoms with E-state index in [1.54, 1.807) is 0 Å². The summed E-state index contributed by atoms with van der Waals surface area (Å²) in [4.78, 5) is 30.5. The minimum Gasteiger partial charge on any atom is -0.480 e. The number of hydrogen-bond acceptors (Lipinski definition) is 3. The molecule has 0 fully saturated rings. The zero-order chi connectivity index (χ0) is 8.85. The summed E-state index contributed by atoms with van der Waals surface area (Å²) in [5.74, 6) is -2.48. The van der Waals surface area contributed by atoms with Crippen LogP contribution in [0.15, 0.2) is 0 Å².